The normalized spacial score (nSPS) is 12.3. The summed E-state index contributed by atoms with van der Waals surface area (Å²) in [5, 5.41) is 0. The Hall–Kier alpha value is -1.27. The van der Waals surface area contributed by atoms with Gasteiger partial charge in [0.1, 0.15) is 5.52 Å². The minimum absolute atomic E-state index is 0.144. The molecule has 1 aromatic carbocycles. The van der Waals surface area contributed by atoms with Gasteiger partial charge in [-0.05, 0) is 38.2 Å². The highest BCUT2D eigenvalue weighted by Gasteiger charge is 2.21. The van der Waals surface area contributed by atoms with Crippen molar-refractivity contribution in [3.63, 3.8) is 0 Å². The van der Waals surface area contributed by atoms with Crippen LogP contribution in [-0.2, 0) is 11.3 Å². The van der Waals surface area contributed by atoms with E-state index in [-0.39, 0.29) is 5.52 Å². The number of aromatic nitrogens is 2. The number of aromatic amines is 1. The Morgan fingerprint density at radius 3 is 2.67 bits per heavy atom. The number of benzene rings is 1. The van der Waals surface area contributed by atoms with Crippen molar-refractivity contribution < 1.29 is 13.5 Å². The van der Waals surface area contributed by atoms with Crippen LogP contribution in [-0.4, -0.2) is 22.3 Å². The third-order valence-corrected chi connectivity index (χ3v) is 3.24. The molecule has 0 spiro atoms. The molecule has 0 unspecified atom stereocenters. The minimum atomic E-state index is -0.897. The fourth-order valence-corrected chi connectivity index (χ4v) is 2.05. The molecule has 0 atom stereocenters. The van der Waals surface area contributed by atoms with E-state index in [1.54, 1.807) is 7.11 Å². The fourth-order valence-electron chi connectivity index (χ4n) is 1.79. The predicted molar refractivity (Wildman–Crippen MR) is 68.1 cm³/mol. The molecule has 6 heteroatoms. The van der Waals surface area contributed by atoms with Crippen molar-refractivity contribution in [3.05, 3.63) is 28.5 Å². The van der Waals surface area contributed by atoms with Crippen LogP contribution in [0.1, 0.15) is 13.8 Å². The number of methoxy groups -OCH3 is 1. The Kier molecular flexibility index (Phi) is 3.25. The van der Waals surface area contributed by atoms with E-state index in [0.717, 1.165) is 6.07 Å². The second-order valence-corrected chi connectivity index (χ2v) is 5.12. The summed E-state index contributed by atoms with van der Waals surface area (Å²) < 4.78 is 34.3. The summed E-state index contributed by atoms with van der Waals surface area (Å²) in [6, 6.07) is 2.55. The van der Waals surface area contributed by atoms with E-state index < -0.39 is 17.2 Å². The first kappa shape index (κ1) is 13.2. The molecular formula is C12H14F2N2OS. The molecule has 0 fully saturated rings. The number of hydrogen-bond donors (Lipinski definition) is 1. The van der Waals surface area contributed by atoms with Gasteiger partial charge in [-0.3, -0.25) is 0 Å². The topological polar surface area (TPSA) is 29.9 Å². The number of halogens is 2. The molecule has 3 nitrogen and oxygen atoms in total. The highest BCUT2D eigenvalue weighted by atomic mass is 32.1. The first-order chi connectivity index (χ1) is 8.35. The van der Waals surface area contributed by atoms with Gasteiger partial charge in [-0.25, -0.2) is 8.78 Å². The molecule has 98 valence electrons. The van der Waals surface area contributed by atoms with E-state index in [0.29, 0.717) is 16.8 Å². The molecule has 0 aliphatic heterocycles. The van der Waals surface area contributed by atoms with Crippen molar-refractivity contribution in [3.8, 4) is 0 Å². The Bertz CT molecular complexity index is 645. The Labute approximate surface area is 108 Å². The first-order valence-corrected chi connectivity index (χ1v) is 5.88. The van der Waals surface area contributed by atoms with Gasteiger partial charge in [0.25, 0.3) is 0 Å². The van der Waals surface area contributed by atoms with Crippen molar-refractivity contribution in [2.45, 2.75) is 26.0 Å². The van der Waals surface area contributed by atoms with Gasteiger partial charge in [-0.15, -0.1) is 0 Å². The van der Waals surface area contributed by atoms with Gasteiger partial charge in [0, 0.05) is 7.11 Å². The maximum atomic E-state index is 13.8. The second kappa shape index (κ2) is 4.44. The summed E-state index contributed by atoms with van der Waals surface area (Å²) in [6.07, 6.45) is 0. The molecule has 0 aliphatic rings. The van der Waals surface area contributed by atoms with Gasteiger partial charge in [0.15, 0.2) is 16.4 Å². The monoisotopic (exact) mass is 272 g/mol. The zero-order valence-electron chi connectivity index (χ0n) is 10.4. The van der Waals surface area contributed by atoms with Crippen LogP contribution in [0.4, 0.5) is 8.78 Å². The lowest BCUT2D eigenvalue weighted by Crippen LogP contribution is -2.29. The summed E-state index contributed by atoms with van der Waals surface area (Å²) >= 11 is 5.13. The van der Waals surface area contributed by atoms with Gasteiger partial charge in [-0.1, -0.05) is 0 Å². The van der Waals surface area contributed by atoms with Crippen LogP contribution in [0.3, 0.4) is 0 Å². The lowest BCUT2D eigenvalue weighted by Gasteiger charge is -2.23. The number of ether oxygens (including phenoxy) is 1. The van der Waals surface area contributed by atoms with Gasteiger partial charge < -0.3 is 14.3 Å². The number of rotatable bonds is 3. The molecule has 0 saturated heterocycles. The molecule has 0 radical (unpaired) electrons. The summed E-state index contributed by atoms with van der Waals surface area (Å²) in [5.74, 6) is -1.78. The molecule has 2 rings (SSSR count). The zero-order valence-corrected chi connectivity index (χ0v) is 11.2. The van der Waals surface area contributed by atoms with Crippen molar-refractivity contribution in [1.82, 2.24) is 9.55 Å². The molecular weight excluding hydrogens is 258 g/mol. The molecule has 2 aromatic rings. The van der Waals surface area contributed by atoms with Crippen LogP contribution in [0, 0.1) is 16.4 Å². The van der Waals surface area contributed by atoms with Gasteiger partial charge in [0.2, 0.25) is 0 Å². The maximum absolute atomic E-state index is 13.8. The number of hydrogen-bond acceptors (Lipinski definition) is 2. The Morgan fingerprint density at radius 2 is 2.06 bits per heavy atom. The summed E-state index contributed by atoms with van der Waals surface area (Å²) in [6.45, 7) is 4.04. The zero-order chi connectivity index (χ0) is 13.5. The molecule has 1 aromatic heterocycles. The molecule has 0 bridgehead atoms. The number of nitrogens with zero attached hydrogens (tertiary/aromatic N) is 1. The van der Waals surface area contributed by atoms with Crippen molar-refractivity contribution in [2.75, 3.05) is 7.11 Å². The van der Waals surface area contributed by atoms with E-state index in [9.17, 15) is 8.78 Å². The third-order valence-electron chi connectivity index (χ3n) is 2.92. The summed E-state index contributed by atoms with van der Waals surface area (Å²) in [5.41, 5.74) is 0.0995. The molecule has 18 heavy (non-hydrogen) atoms. The van der Waals surface area contributed by atoms with Crippen LogP contribution in [0.5, 0.6) is 0 Å². The summed E-state index contributed by atoms with van der Waals surface area (Å²) in [4.78, 5) is 2.86. The highest BCUT2D eigenvalue weighted by Crippen LogP contribution is 2.23. The predicted octanol–water partition coefficient (Wildman–Crippen LogP) is 3.40. The van der Waals surface area contributed by atoms with E-state index in [1.807, 2.05) is 13.8 Å². The van der Waals surface area contributed by atoms with Gasteiger partial charge in [-0.2, -0.15) is 0 Å². The van der Waals surface area contributed by atoms with Crippen LogP contribution in [0.25, 0.3) is 11.0 Å². The van der Waals surface area contributed by atoms with E-state index in [2.05, 4.69) is 4.98 Å². The summed E-state index contributed by atoms with van der Waals surface area (Å²) in [7, 11) is 1.56. The minimum Gasteiger partial charge on any atom is -0.377 e. The molecule has 0 amide bonds. The second-order valence-electron chi connectivity index (χ2n) is 4.74. The van der Waals surface area contributed by atoms with E-state index in [1.165, 1.54) is 10.6 Å². The Balaban J connectivity index is 2.67. The number of imidazole rings is 1. The van der Waals surface area contributed by atoms with Crippen molar-refractivity contribution in [1.29, 1.82) is 0 Å². The van der Waals surface area contributed by atoms with Gasteiger partial charge >= 0.3 is 0 Å². The lowest BCUT2D eigenvalue weighted by molar-refractivity contribution is 0.00863. The maximum Gasteiger partial charge on any atom is 0.184 e. The molecule has 1 heterocycles. The highest BCUT2D eigenvalue weighted by molar-refractivity contribution is 7.71. The van der Waals surface area contributed by atoms with Crippen molar-refractivity contribution in [2.24, 2.45) is 0 Å². The molecule has 0 saturated carbocycles. The largest absolute Gasteiger partial charge is 0.377 e. The molecule has 1 N–H and O–H groups in total. The quantitative estimate of drug-likeness (QED) is 0.868. The SMILES string of the molecule is COC(C)(C)Cn1c(=S)[nH]c2ccc(F)c(F)c21. The third kappa shape index (κ3) is 2.18. The molecule has 0 aliphatic carbocycles. The average molecular weight is 272 g/mol. The number of H-pyrrole nitrogens is 1. The lowest BCUT2D eigenvalue weighted by atomic mass is 10.1. The van der Waals surface area contributed by atoms with E-state index in [4.69, 9.17) is 17.0 Å². The van der Waals surface area contributed by atoms with Crippen molar-refractivity contribution >= 4 is 23.3 Å². The first-order valence-electron chi connectivity index (χ1n) is 5.47. The van der Waals surface area contributed by atoms with Crippen LogP contribution in [0.2, 0.25) is 0 Å². The fraction of sp³-hybridized carbons (Fsp3) is 0.417. The number of nitrogens with one attached hydrogen (secondary N) is 1. The number of fused-ring (bicyclic) bond motifs is 1. The van der Waals surface area contributed by atoms with Crippen LogP contribution in [0.15, 0.2) is 12.1 Å². The van der Waals surface area contributed by atoms with E-state index >= 15 is 0 Å². The average Bonchev–Trinajstić information content (AvgIpc) is 2.61. The Morgan fingerprint density at radius 1 is 1.39 bits per heavy atom. The van der Waals surface area contributed by atoms with Crippen LogP contribution >= 0.6 is 12.2 Å². The van der Waals surface area contributed by atoms with Crippen LogP contribution < -0.4 is 0 Å². The van der Waals surface area contributed by atoms with Gasteiger partial charge in [0.05, 0.1) is 17.7 Å². The standard InChI is InChI=1S/C12H14F2N2OS/c1-12(2,17-3)6-16-10-8(15-11(16)18)5-4-7(13)9(10)14/h4-5H,6H2,1-3H3,(H,15,18). The smallest absolute Gasteiger partial charge is 0.184 e.